The molecule has 3 aromatic heterocycles. The van der Waals surface area contributed by atoms with Gasteiger partial charge in [-0.3, -0.25) is 14.6 Å². The molecule has 0 radical (unpaired) electrons. The van der Waals surface area contributed by atoms with Crippen molar-refractivity contribution < 1.29 is 9.52 Å². The molecule has 0 N–H and O–H groups in total. The number of hydrogen-bond donors (Lipinski definition) is 0. The lowest BCUT2D eigenvalue weighted by Gasteiger charge is -2.12. The zero-order valence-electron chi connectivity index (χ0n) is 16.5. The van der Waals surface area contributed by atoms with Crippen LogP contribution in [0.3, 0.4) is 0 Å². The summed E-state index contributed by atoms with van der Waals surface area (Å²) in [7, 11) is 3.39. The number of carbonyl (C=O) groups is 1. The van der Waals surface area contributed by atoms with Crippen LogP contribution in [0.5, 0.6) is 0 Å². The van der Waals surface area contributed by atoms with Crippen molar-refractivity contribution in [3.63, 3.8) is 0 Å². The Morgan fingerprint density at radius 3 is 2.47 bits per heavy atom. The molecule has 0 bridgehead atoms. The van der Waals surface area contributed by atoms with Crippen molar-refractivity contribution in [2.75, 3.05) is 14.1 Å². The van der Waals surface area contributed by atoms with Gasteiger partial charge < -0.3 is 10.1 Å². The van der Waals surface area contributed by atoms with Crippen LogP contribution in [0.15, 0.2) is 71.9 Å². The van der Waals surface area contributed by atoms with E-state index >= 15 is 0 Å². The topological polar surface area (TPSA) is 95.0 Å². The van der Waals surface area contributed by atoms with Crippen LogP contribution >= 0.6 is 0 Å². The Kier molecular flexibility index (Phi) is 4.97. The van der Waals surface area contributed by atoms with Crippen molar-refractivity contribution in [2.24, 2.45) is 0 Å². The van der Waals surface area contributed by atoms with Gasteiger partial charge in [-0.15, -0.1) is 0 Å². The molecule has 0 saturated carbocycles. The first kappa shape index (κ1) is 19.3. The van der Waals surface area contributed by atoms with E-state index in [0.29, 0.717) is 26.9 Å². The molecule has 0 unspecified atom stereocenters. The summed E-state index contributed by atoms with van der Waals surface area (Å²) in [4.78, 5) is 31.0. The standard InChI is InChI=1S/C22H19N5O3/c1-25(2)21(28)17-7-5-16(6-8-17)19-20-18(4-3-11-23-20)22(29)27(24-19)14-15-9-12-26(30)13-10-15/h3-13H,14H2,1-2H3. The molecule has 0 fully saturated rings. The molecule has 3 heterocycles. The second-order valence-corrected chi connectivity index (χ2v) is 7.05. The predicted octanol–water partition coefficient (Wildman–Crippen LogP) is 1.84. The molecule has 30 heavy (non-hydrogen) atoms. The lowest BCUT2D eigenvalue weighted by Crippen LogP contribution is -2.27. The first-order valence-corrected chi connectivity index (χ1v) is 9.29. The third-order valence-electron chi connectivity index (χ3n) is 4.73. The summed E-state index contributed by atoms with van der Waals surface area (Å²) in [6.07, 6.45) is 4.38. The highest BCUT2D eigenvalue weighted by Crippen LogP contribution is 2.23. The van der Waals surface area contributed by atoms with Crippen LogP contribution in [0.1, 0.15) is 15.9 Å². The van der Waals surface area contributed by atoms with E-state index in [1.165, 1.54) is 22.0 Å². The third-order valence-corrected chi connectivity index (χ3v) is 4.73. The minimum atomic E-state index is -0.264. The maximum atomic E-state index is 12.9. The zero-order valence-corrected chi connectivity index (χ0v) is 16.5. The third kappa shape index (κ3) is 3.62. The number of benzene rings is 1. The predicted molar refractivity (Wildman–Crippen MR) is 112 cm³/mol. The Morgan fingerprint density at radius 2 is 1.80 bits per heavy atom. The summed E-state index contributed by atoms with van der Waals surface area (Å²) in [5.41, 5.74) is 2.86. The van der Waals surface area contributed by atoms with Gasteiger partial charge >= 0.3 is 0 Å². The van der Waals surface area contributed by atoms with Crippen LogP contribution < -0.4 is 10.3 Å². The molecular formula is C22H19N5O3. The van der Waals surface area contributed by atoms with Crippen molar-refractivity contribution in [1.29, 1.82) is 0 Å². The van der Waals surface area contributed by atoms with E-state index in [9.17, 15) is 14.8 Å². The number of hydrogen-bond acceptors (Lipinski definition) is 5. The van der Waals surface area contributed by atoms with Crippen molar-refractivity contribution in [3.05, 3.63) is 93.8 Å². The van der Waals surface area contributed by atoms with Gasteiger partial charge in [-0.05, 0) is 29.8 Å². The number of fused-ring (bicyclic) bond motifs is 1. The minimum absolute atomic E-state index is 0.0952. The smallest absolute Gasteiger partial charge is 0.276 e. The highest BCUT2D eigenvalue weighted by atomic mass is 16.5. The van der Waals surface area contributed by atoms with Gasteiger partial charge in [-0.1, -0.05) is 12.1 Å². The lowest BCUT2D eigenvalue weighted by molar-refractivity contribution is -0.605. The molecule has 0 spiro atoms. The molecule has 0 atom stereocenters. The Bertz CT molecular complexity index is 1280. The molecule has 0 saturated heterocycles. The van der Waals surface area contributed by atoms with Crippen molar-refractivity contribution in [2.45, 2.75) is 6.54 Å². The van der Waals surface area contributed by atoms with Crippen LogP contribution in [-0.2, 0) is 6.54 Å². The molecular weight excluding hydrogens is 382 g/mol. The molecule has 4 rings (SSSR count). The van der Waals surface area contributed by atoms with Crippen LogP contribution in [0.4, 0.5) is 0 Å². The minimum Gasteiger partial charge on any atom is -0.619 e. The van der Waals surface area contributed by atoms with Gasteiger partial charge in [-0.25, -0.2) is 4.68 Å². The normalized spacial score (nSPS) is 10.9. The molecule has 0 aliphatic rings. The molecule has 1 aromatic carbocycles. The monoisotopic (exact) mass is 401 g/mol. The van der Waals surface area contributed by atoms with E-state index in [-0.39, 0.29) is 18.0 Å². The summed E-state index contributed by atoms with van der Waals surface area (Å²) in [6.45, 7) is 0.217. The van der Waals surface area contributed by atoms with E-state index in [0.717, 1.165) is 11.1 Å². The summed E-state index contributed by atoms with van der Waals surface area (Å²) in [6, 6.07) is 13.8. The number of rotatable bonds is 4. The summed E-state index contributed by atoms with van der Waals surface area (Å²) < 4.78 is 2.05. The lowest BCUT2D eigenvalue weighted by atomic mass is 10.1. The van der Waals surface area contributed by atoms with Crippen LogP contribution in [0, 0.1) is 5.21 Å². The number of nitrogens with zero attached hydrogens (tertiary/aromatic N) is 5. The van der Waals surface area contributed by atoms with Gasteiger partial charge in [0.05, 0.1) is 11.9 Å². The maximum Gasteiger partial charge on any atom is 0.276 e. The molecule has 4 aromatic rings. The summed E-state index contributed by atoms with van der Waals surface area (Å²) in [5.74, 6) is -0.0952. The number of aromatic nitrogens is 4. The molecule has 1 amide bonds. The second-order valence-electron chi connectivity index (χ2n) is 7.05. The van der Waals surface area contributed by atoms with Gasteiger partial charge in [-0.2, -0.15) is 9.83 Å². The molecule has 8 heteroatoms. The Hall–Kier alpha value is -4.07. The molecule has 0 aliphatic heterocycles. The summed E-state index contributed by atoms with van der Waals surface area (Å²) >= 11 is 0. The largest absolute Gasteiger partial charge is 0.619 e. The first-order valence-electron chi connectivity index (χ1n) is 9.29. The van der Waals surface area contributed by atoms with Gasteiger partial charge in [0.15, 0.2) is 12.4 Å². The highest BCUT2D eigenvalue weighted by molar-refractivity contribution is 5.95. The van der Waals surface area contributed by atoms with Gasteiger partial charge in [0.1, 0.15) is 11.2 Å². The number of carbonyl (C=O) groups excluding carboxylic acids is 1. The highest BCUT2D eigenvalue weighted by Gasteiger charge is 2.15. The fourth-order valence-corrected chi connectivity index (χ4v) is 3.17. The SMILES string of the molecule is CN(C)C(=O)c1ccc(-c2nn(Cc3cc[n+]([O-])cc3)c(=O)c3cccnc23)cc1. The summed E-state index contributed by atoms with van der Waals surface area (Å²) in [5, 5.41) is 16.3. The average Bonchev–Trinajstić information content (AvgIpc) is 2.77. The van der Waals surface area contributed by atoms with Crippen LogP contribution in [-0.4, -0.2) is 39.7 Å². The number of pyridine rings is 2. The van der Waals surface area contributed by atoms with E-state index < -0.39 is 0 Å². The van der Waals surface area contributed by atoms with Crippen molar-refractivity contribution in [1.82, 2.24) is 19.7 Å². The van der Waals surface area contributed by atoms with Crippen molar-refractivity contribution in [3.8, 4) is 11.3 Å². The average molecular weight is 401 g/mol. The van der Waals surface area contributed by atoms with E-state index in [4.69, 9.17) is 0 Å². The van der Waals surface area contributed by atoms with Gasteiger partial charge in [0.2, 0.25) is 0 Å². The van der Waals surface area contributed by atoms with E-state index in [1.807, 2.05) is 0 Å². The second kappa shape index (κ2) is 7.75. The van der Waals surface area contributed by atoms with Gasteiger partial charge in [0.25, 0.3) is 11.5 Å². The fraction of sp³-hybridized carbons (Fsp3) is 0.136. The van der Waals surface area contributed by atoms with Crippen molar-refractivity contribution >= 4 is 16.8 Å². The Labute approximate surface area is 172 Å². The fourth-order valence-electron chi connectivity index (χ4n) is 3.17. The Balaban J connectivity index is 1.83. The maximum absolute atomic E-state index is 12.9. The molecule has 0 aliphatic carbocycles. The van der Waals surface area contributed by atoms with Gasteiger partial charge in [0, 0.05) is 43.6 Å². The first-order chi connectivity index (χ1) is 14.4. The van der Waals surface area contributed by atoms with E-state index in [2.05, 4.69) is 10.1 Å². The van der Waals surface area contributed by atoms with Crippen LogP contribution in [0.25, 0.3) is 22.2 Å². The van der Waals surface area contributed by atoms with Crippen LogP contribution in [0.2, 0.25) is 0 Å². The number of amides is 1. The molecule has 150 valence electrons. The molecule has 8 nitrogen and oxygen atoms in total. The zero-order chi connectivity index (χ0) is 21.3. The van der Waals surface area contributed by atoms with E-state index in [1.54, 1.807) is 68.8 Å². The quantitative estimate of drug-likeness (QED) is 0.384. The Morgan fingerprint density at radius 1 is 1.10 bits per heavy atom.